The minimum absolute atomic E-state index is 0.0551. The molecular weight excluding hydrogens is 392 g/mol. The van der Waals surface area contributed by atoms with Crippen molar-refractivity contribution in [2.24, 2.45) is 4.99 Å². The summed E-state index contributed by atoms with van der Waals surface area (Å²) in [7, 11) is -1.50. The van der Waals surface area contributed by atoms with E-state index >= 15 is 0 Å². The molecule has 2 bridgehead atoms. The number of guanidine groups is 1. The lowest BCUT2D eigenvalue weighted by Crippen LogP contribution is -2.55. The largest absolute Gasteiger partial charge is 0.444 e. The molecule has 168 valence electrons. The Labute approximate surface area is 175 Å². The van der Waals surface area contributed by atoms with Gasteiger partial charge in [0.15, 0.2) is 15.8 Å². The topological polar surface area (TPSA) is 100 Å². The smallest absolute Gasteiger partial charge is 0.410 e. The summed E-state index contributed by atoms with van der Waals surface area (Å²) in [5.41, 5.74) is -0.495. The highest BCUT2D eigenvalue weighted by molar-refractivity contribution is 7.92. The summed E-state index contributed by atoms with van der Waals surface area (Å²) in [4.78, 5) is 18.7. The summed E-state index contributed by atoms with van der Waals surface area (Å²) in [6, 6.07) is 0.526. The third kappa shape index (κ3) is 6.23. The Balaban J connectivity index is 1.88. The summed E-state index contributed by atoms with van der Waals surface area (Å²) >= 11 is 0. The molecule has 9 heteroatoms. The van der Waals surface area contributed by atoms with Crippen LogP contribution in [0.1, 0.15) is 67.2 Å². The van der Waals surface area contributed by atoms with Crippen LogP contribution >= 0.6 is 0 Å². The van der Waals surface area contributed by atoms with Gasteiger partial charge in [-0.25, -0.2) is 13.2 Å². The van der Waals surface area contributed by atoms with Crippen molar-refractivity contribution in [3.8, 4) is 0 Å². The first-order chi connectivity index (χ1) is 13.2. The van der Waals surface area contributed by atoms with Gasteiger partial charge in [-0.05, 0) is 67.2 Å². The highest BCUT2D eigenvalue weighted by Crippen LogP contribution is 2.36. The van der Waals surface area contributed by atoms with Gasteiger partial charge in [-0.15, -0.1) is 0 Å². The lowest BCUT2D eigenvalue weighted by Gasteiger charge is -2.40. The van der Waals surface area contributed by atoms with Crippen LogP contribution in [0.2, 0.25) is 0 Å². The average molecular weight is 431 g/mol. The normalized spacial score (nSPS) is 25.7. The Hall–Kier alpha value is -1.51. The third-order valence-corrected chi connectivity index (χ3v) is 8.11. The van der Waals surface area contributed by atoms with Crippen molar-refractivity contribution in [3.05, 3.63) is 0 Å². The first kappa shape index (κ1) is 23.8. The zero-order valence-electron chi connectivity index (χ0n) is 18.9. The average Bonchev–Trinajstić information content (AvgIpc) is 2.82. The fourth-order valence-electron chi connectivity index (χ4n) is 3.91. The lowest BCUT2D eigenvalue weighted by molar-refractivity contribution is 0.00545. The molecule has 1 amide bonds. The number of hydrogen-bond donors (Lipinski definition) is 2. The number of piperidine rings is 1. The molecule has 0 aromatic heterocycles. The van der Waals surface area contributed by atoms with E-state index in [1.165, 1.54) is 0 Å². The highest BCUT2D eigenvalue weighted by Gasteiger charge is 2.45. The number of nitrogens with one attached hydrogen (secondary N) is 2. The number of aliphatic imine (C=N–C) groups is 1. The van der Waals surface area contributed by atoms with E-state index in [-0.39, 0.29) is 30.0 Å². The zero-order chi connectivity index (χ0) is 22.0. The van der Waals surface area contributed by atoms with E-state index in [9.17, 15) is 13.2 Å². The predicted octanol–water partition coefficient (Wildman–Crippen LogP) is 2.30. The molecule has 0 aromatic carbocycles. The minimum atomic E-state index is -3.18. The second-order valence-electron chi connectivity index (χ2n) is 10.0. The quantitative estimate of drug-likeness (QED) is 0.524. The highest BCUT2D eigenvalue weighted by atomic mass is 32.2. The molecule has 0 spiro atoms. The molecule has 2 atom stereocenters. The van der Waals surface area contributed by atoms with Crippen molar-refractivity contribution < 1.29 is 17.9 Å². The standard InChI is InChI=1S/C20H38N4O4S/c1-19(2,3)28-18(25)24-15-8-9-16(24)13-14(12-15)23-17(21-7)22-10-11-29(26,27)20(4,5)6/h14-16H,8-13H2,1-7H3,(H2,21,22,23). The van der Waals surface area contributed by atoms with Crippen LogP contribution in [0.15, 0.2) is 4.99 Å². The number of carbonyl (C=O) groups is 1. The van der Waals surface area contributed by atoms with Crippen molar-refractivity contribution in [3.63, 3.8) is 0 Å². The Bertz CT molecular complexity index is 708. The number of hydrogen-bond acceptors (Lipinski definition) is 5. The fraction of sp³-hybridized carbons (Fsp3) is 0.900. The van der Waals surface area contributed by atoms with Gasteiger partial charge in [0.1, 0.15) is 5.60 Å². The van der Waals surface area contributed by atoms with Crippen LogP contribution in [0, 0.1) is 0 Å². The van der Waals surface area contributed by atoms with E-state index in [0.29, 0.717) is 12.5 Å². The summed E-state index contributed by atoms with van der Waals surface area (Å²) in [5.74, 6) is 0.656. The number of ether oxygens (including phenoxy) is 1. The van der Waals surface area contributed by atoms with Gasteiger partial charge >= 0.3 is 6.09 Å². The van der Waals surface area contributed by atoms with Crippen LogP contribution in [0.4, 0.5) is 4.79 Å². The van der Waals surface area contributed by atoms with Crippen LogP contribution in [-0.2, 0) is 14.6 Å². The van der Waals surface area contributed by atoms with E-state index in [2.05, 4.69) is 15.6 Å². The molecule has 0 aromatic rings. The maximum atomic E-state index is 12.6. The van der Waals surface area contributed by atoms with Crippen molar-refractivity contribution in [2.75, 3.05) is 19.3 Å². The lowest BCUT2D eigenvalue weighted by atomic mass is 9.98. The van der Waals surface area contributed by atoms with Gasteiger partial charge in [0, 0.05) is 31.7 Å². The Morgan fingerprint density at radius 1 is 1.10 bits per heavy atom. The van der Waals surface area contributed by atoms with Crippen LogP contribution < -0.4 is 10.6 Å². The van der Waals surface area contributed by atoms with E-state index in [0.717, 1.165) is 25.7 Å². The molecule has 2 rings (SSSR count). The van der Waals surface area contributed by atoms with Gasteiger partial charge in [0.05, 0.1) is 10.5 Å². The molecule has 29 heavy (non-hydrogen) atoms. The number of carbonyl (C=O) groups excluding carboxylic acids is 1. The number of sulfone groups is 1. The summed E-state index contributed by atoms with van der Waals surface area (Å²) < 4.78 is 29.3. The van der Waals surface area contributed by atoms with E-state index in [1.54, 1.807) is 27.8 Å². The molecule has 8 nitrogen and oxygen atoms in total. The molecule has 0 saturated carbocycles. The maximum absolute atomic E-state index is 12.6. The zero-order valence-corrected chi connectivity index (χ0v) is 19.7. The van der Waals surface area contributed by atoms with E-state index in [1.807, 2.05) is 25.7 Å². The molecule has 2 heterocycles. The first-order valence-corrected chi connectivity index (χ1v) is 12.1. The van der Waals surface area contributed by atoms with Crippen molar-refractivity contribution in [1.29, 1.82) is 0 Å². The number of nitrogens with zero attached hydrogens (tertiary/aromatic N) is 2. The molecule has 2 aliphatic heterocycles. The Kier molecular flexibility index (Phi) is 7.13. The summed E-state index contributed by atoms with van der Waals surface area (Å²) in [6.45, 7) is 11.1. The molecule has 2 N–H and O–H groups in total. The molecular formula is C20H38N4O4S. The fourth-order valence-corrected chi connectivity index (χ4v) is 4.89. The SMILES string of the molecule is CN=C(NCCS(=O)(=O)C(C)(C)C)NC1CC2CCC(C1)N2C(=O)OC(C)(C)C. The van der Waals surface area contributed by atoms with Crippen LogP contribution in [-0.4, -0.2) is 73.2 Å². The van der Waals surface area contributed by atoms with E-state index in [4.69, 9.17) is 4.74 Å². The van der Waals surface area contributed by atoms with Crippen LogP contribution in [0.25, 0.3) is 0 Å². The van der Waals surface area contributed by atoms with Crippen molar-refractivity contribution >= 4 is 21.9 Å². The van der Waals surface area contributed by atoms with E-state index < -0.39 is 20.2 Å². The molecule has 0 radical (unpaired) electrons. The molecule has 2 aliphatic rings. The second-order valence-corrected chi connectivity index (χ2v) is 12.9. The van der Waals surface area contributed by atoms with Crippen LogP contribution in [0.5, 0.6) is 0 Å². The Morgan fingerprint density at radius 2 is 1.66 bits per heavy atom. The van der Waals surface area contributed by atoms with Crippen LogP contribution in [0.3, 0.4) is 0 Å². The molecule has 2 saturated heterocycles. The van der Waals surface area contributed by atoms with Crippen molar-refractivity contribution in [1.82, 2.24) is 15.5 Å². The molecule has 2 fully saturated rings. The van der Waals surface area contributed by atoms with Gasteiger partial charge in [0.25, 0.3) is 0 Å². The number of rotatable bonds is 4. The maximum Gasteiger partial charge on any atom is 0.410 e. The third-order valence-electron chi connectivity index (χ3n) is 5.50. The molecule has 2 unspecified atom stereocenters. The summed E-state index contributed by atoms with van der Waals surface area (Å²) in [6.07, 6.45) is 3.40. The predicted molar refractivity (Wildman–Crippen MR) is 116 cm³/mol. The minimum Gasteiger partial charge on any atom is -0.444 e. The van der Waals surface area contributed by atoms with Gasteiger partial charge in [-0.1, -0.05) is 0 Å². The molecule has 0 aliphatic carbocycles. The second kappa shape index (κ2) is 8.70. The number of fused-ring (bicyclic) bond motifs is 2. The van der Waals surface area contributed by atoms with Gasteiger partial charge < -0.3 is 20.3 Å². The summed E-state index contributed by atoms with van der Waals surface area (Å²) in [5, 5.41) is 6.52. The monoisotopic (exact) mass is 430 g/mol. The number of amides is 1. The first-order valence-electron chi connectivity index (χ1n) is 10.4. The van der Waals surface area contributed by atoms with Gasteiger partial charge in [0.2, 0.25) is 0 Å². The Morgan fingerprint density at radius 3 is 2.10 bits per heavy atom. The van der Waals surface area contributed by atoms with Crippen molar-refractivity contribution in [2.45, 2.75) is 95.7 Å². The van der Waals surface area contributed by atoms with Gasteiger partial charge in [-0.3, -0.25) is 4.99 Å². The van der Waals surface area contributed by atoms with Gasteiger partial charge in [-0.2, -0.15) is 0 Å².